The highest BCUT2D eigenvalue weighted by atomic mass is 32.1. The molecule has 0 aliphatic carbocycles. The van der Waals surface area contributed by atoms with E-state index in [1.165, 1.54) is 34.0 Å². The third kappa shape index (κ3) is 4.93. The first-order valence-corrected chi connectivity index (χ1v) is 15.7. The fourth-order valence-corrected chi connectivity index (χ4v) is 8.11. The van der Waals surface area contributed by atoms with Gasteiger partial charge in [0.1, 0.15) is 19.4 Å². The number of pyridine rings is 2. The highest BCUT2D eigenvalue weighted by Gasteiger charge is 2.27. The molecule has 0 spiro atoms. The number of anilines is 4. The van der Waals surface area contributed by atoms with Crippen molar-refractivity contribution in [1.29, 1.82) is 0 Å². The number of thiophene rings is 2. The van der Waals surface area contributed by atoms with E-state index in [9.17, 15) is 9.59 Å². The molecule has 4 aromatic heterocycles. The number of fused-ring (bicyclic) bond motifs is 2. The zero-order chi connectivity index (χ0) is 28.8. The number of amides is 2. The van der Waals surface area contributed by atoms with Gasteiger partial charge in [0, 0.05) is 53.5 Å². The van der Waals surface area contributed by atoms with Crippen LogP contribution in [0.1, 0.15) is 57.1 Å². The Bertz CT molecular complexity index is 1630. The number of hydrogen-bond acceptors (Lipinski definition) is 10. The van der Waals surface area contributed by atoms with Crippen LogP contribution in [0.5, 0.6) is 0 Å². The summed E-state index contributed by atoms with van der Waals surface area (Å²) in [5.74, 6) is -0.292. The van der Waals surface area contributed by atoms with Crippen LogP contribution < -0.4 is 21.3 Å². The third-order valence-corrected chi connectivity index (χ3v) is 10.2. The fourth-order valence-electron chi connectivity index (χ4n) is 5.87. The van der Waals surface area contributed by atoms with Crippen molar-refractivity contribution in [1.82, 2.24) is 19.8 Å². The molecule has 0 bridgehead atoms. The minimum Gasteiger partial charge on any atom is -0.397 e. The van der Waals surface area contributed by atoms with Crippen molar-refractivity contribution in [2.24, 2.45) is 0 Å². The standard InChI is InChI=1S/C29H36N8O2S2/c1-34(2)28(38)24-23(31)21-19(37-11-5-4-6-12-37)15-17(33-27(21)41-24)16-35(3)29(39)25-22(30)20-18(36-13-7-8-14-36)9-10-32-26(20)40-25/h9-10,15H,4-8,11-14,16,30-31H2,1-3H3. The largest absolute Gasteiger partial charge is 0.397 e. The number of hydrogen-bond donors (Lipinski definition) is 2. The lowest BCUT2D eigenvalue weighted by Crippen LogP contribution is -2.30. The maximum Gasteiger partial charge on any atom is 0.266 e. The topological polar surface area (TPSA) is 125 Å². The Hall–Kier alpha value is -3.64. The molecule has 10 nitrogen and oxygen atoms in total. The van der Waals surface area contributed by atoms with Gasteiger partial charge in [-0.2, -0.15) is 0 Å². The molecule has 2 fully saturated rings. The van der Waals surface area contributed by atoms with Crippen LogP contribution >= 0.6 is 22.7 Å². The molecule has 4 N–H and O–H groups in total. The van der Waals surface area contributed by atoms with Gasteiger partial charge in [-0.1, -0.05) is 0 Å². The van der Waals surface area contributed by atoms with Crippen molar-refractivity contribution in [3.63, 3.8) is 0 Å². The Balaban J connectivity index is 1.35. The number of carbonyl (C=O) groups excluding carboxylic acids is 2. The predicted molar refractivity (Wildman–Crippen MR) is 169 cm³/mol. The first-order chi connectivity index (χ1) is 19.7. The van der Waals surface area contributed by atoms with Crippen LogP contribution in [0.3, 0.4) is 0 Å². The van der Waals surface area contributed by atoms with E-state index in [1.807, 2.05) is 12.1 Å². The monoisotopic (exact) mass is 592 g/mol. The van der Waals surface area contributed by atoms with Crippen LogP contribution in [-0.2, 0) is 6.54 Å². The van der Waals surface area contributed by atoms with Crippen molar-refractivity contribution >= 4 is 77.7 Å². The van der Waals surface area contributed by atoms with Crippen LogP contribution in [0.4, 0.5) is 22.7 Å². The molecule has 2 amide bonds. The average Bonchev–Trinajstić information content (AvgIpc) is 3.71. The van der Waals surface area contributed by atoms with Crippen LogP contribution in [0.15, 0.2) is 18.3 Å². The molecule has 0 unspecified atom stereocenters. The number of piperidine rings is 1. The van der Waals surface area contributed by atoms with Gasteiger partial charge in [0.05, 0.1) is 45.8 Å². The average molecular weight is 593 g/mol. The Kier molecular flexibility index (Phi) is 7.37. The molecule has 2 aliphatic heterocycles. The molecule has 2 saturated heterocycles. The Labute approximate surface area is 247 Å². The minimum atomic E-state index is -0.159. The molecular formula is C29H36N8O2S2. The molecule has 4 aromatic rings. The molecule has 0 aromatic carbocycles. The van der Waals surface area contributed by atoms with Gasteiger partial charge in [-0.15, -0.1) is 22.7 Å². The van der Waals surface area contributed by atoms with Crippen molar-refractivity contribution < 1.29 is 9.59 Å². The zero-order valence-electron chi connectivity index (χ0n) is 23.8. The molecule has 0 atom stereocenters. The lowest BCUT2D eigenvalue weighted by atomic mass is 10.1. The molecule has 0 radical (unpaired) electrons. The first kappa shape index (κ1) is 27.5. The number of aromatic nitrogens is 2. The SMILES string of the molecule is CN(C)C(=O)c1sc2nc(CN(C)C(=O)c3sc4nccc(N5CCCC5)c4c3N)cc(N3CCCCC3)c2c1N. The van der Waals surface area contributed by atoms with Crippen LogP contribution in [-0.4, -0.2) is 78.9 Å². The Morgan fingerprint density at radius 1 is 0.829 bits per heavy atom. The van der Waals surface area contributed by atoms with E-state index in [2.05, 4.69) is 14.8 Å². The van der Waals surface area contributed by atoms with E-state index in [0.717, 1.165) is 84.5 Å². The summed E-state index contributed by atoms with van der Waals surface area (Å²) < 4.78 is 0. The summed E-state index contributed by atoms with van der Waals surface area (Å²) in [6.45, 7) is 4.11. The van der Waals surface area contributed by atoms with Crippen molar-refractivity contribution in [3.8, 4) is 0 Å². The Morgan fingerprint density at radius 3 is 2.05 bits per heavy atom. The number of nitrogens with two attached hydrogens (primary N) is 2. The van der Waals surface area contributed by atoms with Crippen molar-refractivity contribution in [2.75, 3.05) is 68.6 Å². The lowest BCUT2D eigenvalue weighted by Gasteiger charge is -2.30. The number of nitrogen functional groups attached to an aromatic ring is 2. The number of nitrogens with zero attached hydrogens (tertiary/aromatic N) is 6. The zero-order valence-corrected chi connectivity index (χ0v) is 25.4. The van der Waals surface area contributed by atoms with E-state index < -0.39 is 0 Å². The van der Waals surface area contributed by atoms with E-state index >= 15 is 0 Å². The van der Waals surface area contributed by atoms with E-state index in [-0.39, 0.29) is 11.8 Å². The number of rotatable bonds is 6. The van der Waals surface area contributed by atoms with Gasteiger partial charge in [0.2, 0.25) is 0 Å². The maximum atomic E-state index is 13.8. The lowest BCUT2D eigenvalue weighted by molar-refractivity contribution is 0.0788. The molecule has 216 valence electrons. The van der Waals surface area contributed by atoms with Gasteiger partial charge in [-0.05, 0) is 44.2 Å². The van der Waals surface area contributed by atoms with Gasteiger partial charge in [0.25, 0.3) is 11.8 Å². The van der Waals surface area contributed by atoms with E-state index in [1.54, 1.807) is 32.2 Å². The summed E-state index contributed by atoms with van der Waals surface area (Å²) in [5, 5.41) is 1.70. The molecule has 0 saturated carbocycles. The molecular weight excluding hydrogens is 557 g/mol. The highest BCUT2D eigenvalue weighted by molar-refractivity contribution is 7.21. The summed E-state index contributed by atoms with van der Waals surface area (Å²) >= 11 is 2.66. The molecule has 41 heavy (non-hydrogen) atoms. The van der Waals surface area contributed by atoms with Gasteiger partial charge in [-0.25, -0.2) is 9.97 Å². The van der Waals surface area contributed by atoms with Gasteiger partial charge in [-0.3, -0.25) is 9.59 Å². The van der Waals surface area contributed by atoms with Gasteiger partial charge >= 0.3 is 0 Å². The summed E-state index contributed by atoms with van der Waals surface area (Å²) in [6, 6.07) is 4.03. The quantitative estimate of drug-likeness (QED) is 0.332. The maximum absolute atomic E-state index is 13.8. The van der Waals surface area contributed by atoms with Gasteiger partial charge in [0.15, 0.2) is 0 Å². The highest BCUT2D eigenvalue weighted by Crippen LogP contribution is 2.42. The Morgan fingerprint density at radius 2 is 1.39 bits per heavy atom. The molecule has 6 rings (SSSR count). The van der Waals surface area contributed by atoms with Crippen LogP contribution in [0, 0.1) is 0 Å². The normalized spacial score (nSPS) is 15.7. The van der Waals surface area contributed by atoms with Crippen LogP contribution in [0.25, 0.3) is 20.4 Å². The number of carbonyl (C=O) groups is 2. The van der Waals surface area contributed by atoms with E-state index in [0.29, 0.717) is 32.5 Å². The van der Waals surface area contributed by atoms with E-state index in [4.69, 9.17) is 16.5 Å². The molecule has 2 aliphatic rings. The van der Waals surface area contributed by atoms with Gasteiger partial charge < -0.3 is 31.1 Å². The molecule has 12 heteroatoms. The second-order valence-electron chi connectivity index (χ2n) is 11.1. The summed E-state index contributed by atoms with van der Waals surface area (Å²) in [4.78, 5) is 46.4. The summed E-state index contributed by atoms with van der Waals surface area (Å²) in [5.41, 5.74) is 17.0. The van der Waals surface area contributed by atoms with Crippen molar-refractivity contribution in [3.05, 3.63) is 33.8 Å². The molecule has 6 heterocycles. The second kappa shape index (κ2) is 11.0. The fraction of sp³-hybridized carbons (Fsp3) is 0.448. The van der Waals surface area contributed by atoms with Crippen molar-refractivity contribution in [2.45, 2.75) is 38.6 Å². The van der Waals surface area contributed by atoms with Crippen LogP contribution in [0.2, 0.25) is 0 Å². The summed E-state index contributed by atoms with van der Waals surface area (Å²) in [7, 11) is 5.22. The third-order valence-electron chi connectivity index (χ3n) is 8.02. The second-order valence-corrected chi connectivity index (χ2v) is 13.1. The smallest absolute Gasteiger partial charge is 0.266 e. The first-order valence-electron chi connectivity index (χ1n) is 14.1. The predicted octanol–water partition coefficient (Wildman–Crippen LogP) is 4.63. The minimum absolute atomic E-state index is 0.133. The summed E-state index contributed by atoms with van der Waals surface area (Å²) in [6.07, 6.45) is 7.50.